The molecule has 0 unspecified atom stereocenters. The molecule has 2 N–H and O–H groups in total. The Kier molecular flexibility index (Phi) is 6.07. The van der Waals surface area contributed by atoms with Gasteiger partial charge in [-0.25, -0.2) is 0 Å². The van der Waals surface area contributed by atoms with Gasteiger partial charge in [0.1, 0.15) is 5.75 Å². The van der Waals surface area contributed by atoms with Crippen molar-refractivity contribution in [1.82, 2.24) is 0 Å². The van der Waals surface area contributed by atoms with Gasteiger partial charge < -0.3 is 15.2 Å². The van der Waals surface area contributed by atoms with Crippen molar-refractivity contribution in [3.05, 3.63) is 58.1 Å². The number of anilines is 1. The summed E-state index contributed by atoms with van der Waals surface area (Å²) >= 11 is 11.7. The van der Waals surface area contributed by atoms with Crippen molar-refractivity contribution in [3.63, 3.8) is 0 Å². The van der Waals surface area contributed by atoms with E-state index in [1.165, 1.54) is 0 Å². The van der Waals surface area contributed by atoms with Gasteiger partial charge in [0, 0.05) is 22.3 Å². The summed E-state index contributed by atoms with van der Waals surface area (Å²) in [6.45, 7) is -0.0448. The number of ether oxygens (including phenoxy) is 1. The highest BCUT2D eigenvalue weighted by atomic mass is 35.5. The van der Waals surface area contributed by atoms with Crippen molar-refractivity contribution in [2.75, 3.05) is 18.5 Å². The van der Waals surface area contributed by atoms with Crippen LogP contribution in [0.2, 0.25) is 10.0 Å². The number of benzene rings is 2. The maximum atomic E-state index is 11.8. The van der Waals surface area contributed by atoms with Crippen LogP contribution in [0.15, 0.2) is 42.5 Å². The number of hydrogen-bond donors (Lipinski definition) is 2. The van der Waals surface area contributed by atoms with Crippen molar-refractivity contribution >= 4 is 34.8 Å². The fraction of sp³-hybridized carbons (Fsp3) is 0.188. The van der Waals surface area contributed by atoms with Gasteiger partial charge in [-0.2, -0.15) is 0 Å². The molecule has 1 amide bonds. The number of aliphatic hydroxyl groups is 1. The average Bonchev–Trinajstić information content (AvgIpc) is 2.47. The lowest BCUT2D eigenvalue weighted by Gasteiger charge is -2.09. The van der Waals surface area contributed by atoms with Crippen LogP contribution < -0.4 is 10.1 Å². The van der Waals surface area contributed by atoms with Crippen LogP contribution in [0.25, 0.3) is 0 Å². The lowest BCUT2D eigenvalue weighted by molar-refractivity contribution is -0.118. The van der Waals surface area contributed by atoms with Gasteiger partial charge in [0.05, 0.1) is 0 Å². The summed E-state index contributed by atoms with van der Waals surface area (Å²) in [4.78, 5) is 11.8. The standard InChI is InChI=1S/C16H15Cl2NO3/c17-12-7-13(18)9-15(8-12)22-10-16(21)19-14-3-1-11(2-4-14)5-6-20/h1-4,7-9,20H,5-6,10H2,(H,19,21). The average molecular weight is 340 g/mol. The van der Waals surface area contributed by atoms with Crippen LogP contribution in [0, 0.1) is 0 Å². The molecule has 6 heteroatoms. The molecule has 2 aromatic rings. The SMILES string of the molecule is O=C(COc1cc(Cl)cc(Cl)c1)Nc1ccc(CCO)cc1. The maximum absolute atomic E-state index is 11.8. The lowest BCUT2D eigenvalue weighted by atomic mass is 10.1. The summed E-state index contributed by atoms with van der Waals surface area (Å²) in [5.41, 5.74) is 1.67. The summed E-state index contributed by atoms with van der Waals surface area (Å²) in [5, 5.41) is 12.5. The molecular weight excluding hydrogens is 325 g/mol. The predicted molar refractivity (Wildman–Crippen MR) is 87.8 cm³/mol. The minimum atomic E-state index is -0.286. The summed E-state index contributed by atoms with van der Waals surface area (Å²) in [6.07, 6.45) is 0.590. The minimum absolute atomic E-state index is 0.0989. The van der Waals surface area contributed by atoms with E-state index in [1.807, 2.05) is 12.1 Å². The smallest absolute Gasteiger partial charge is 0.262 e. The van der Waals surface area contributed by atoms with Crippen LogP contribution in [0.5, 0.6) is 5.75 Å². The fourth-order valence-electron chi connectivity index (χ4n) is 1.84. The number of carbonyl (C=O) groups is 1. The molecule has 0 aliphatic heterocycles. The van der Waals surface area contributed by atoms with E-state index in [1.54, 1.807) is 30.3 Å². The zero-order valence-corrected chi connectivity index (χ0v) is 13.2. The van der Waals surface area contributed by atoms with E-state index in [2.05, 4.69) is 5.32 Å². The number of aliphatic hydroxyl groups excluding tert-OH is 1. The molecule has 0 aliphatic rings. The Bertz CT molecular complexity index is 624. The number of nitrogens with one attached hydrogen (secondary N) is 1. The molecule has 2 rings (SSSR count). The third kappa shape index (κ3) is 5.22. The van der Waals surface area contributed by atoms with Gasteiger partial charge in [-0.1, -0.05) is 35.3 Å². The number of rotatable bonds is 6. The Hall–Kier alpha value is -1.75. The maximum Gasteiger partial charge on any atom is 0.262 e. The summed E-state index contributed by atoms with van der Waals surface area (Å²) in [6, 6.07) is 12.0. The molecule has 0 bridgehead atoms. The van der Waals surface area contributed by atoms with Gasteiger partial charge in [0.25, 0.3) is 5.91 Å². The number of amides is 1. The summed E-state index contributed by atoms with van der Waals surface area (Å²) in [7, 11) is 0. The topological polar surface area (TPSA) is 58.6 Å². The molecule has 2 aromatic carbocycles. The van der Waals surface area contributed by atoms with Crippen LogP contribution in [0.4, 0.5) is 5.69 Å². The normalized spacial score (nSPS) is 10.3. The largest absolute Gasteiger partial charge is 0.484 e. The van der Waals surface area contributed by atoms with E-state index in [9.17, 15) is 4.79 Å². The fourth-order valence-corrected chi connectivity index (χ4v) is 2.35. The van der Waals surface area contributed by atoms with E-state index in [0.717, 1.165) is 5.56 Å². The van der Waals surface area contributed by atoms with Crippen molar-refractivity contribution in [3.8, 4) is 5.75 Å². The Morgan fingerprint density at radius 3 is 2.32 bits per heavy atom. The highest BCUT2D eigenvalue weighted by Crippen LogP contribution is 2.24. The van der Waals surface area contributed by atoms with Gasteiger partial charge in [-0.05, 0) is 42.3 Å². The second kappa shape index (κ2) is 8.03. The quantitative estimate of drug-likeness (QED) is 0.846. The van der Waals surface area contributed by atoms with Crippen molar-refractivity contribution in [2.45, 2.75) is 6.42 Å². The summed E-state index contributed by atoms with van der Waals surface area (Å²) < 4.78 is 5.35. The van der Waals surface area contributed by atoms with Crippen LogP contribution in [-0.4, -0.2) is 24.2 Å². The van der Waals surface area contributed by atoms with Gasteiger partial charge in [-0.3, -0.25) is 4.79 Å². The molecule has 0 aliphatic carbocycles. The van der Waals surface area contributed by atoms with Gasteiger partial charge in [-0.15, -0.1) is 0 Å². The summed E-state index contributed by atoms with van der Waals surface area (Å²) in [5.74, 6) is 0.150. The highest BCUT2D eigenvalue weighted by molar-refractivity contribution is 6.34. The van der Waals surface area contributed by atoms with Crippen molar-refractivity contribution < 1.29 is 14.6 Å². The first-order chi connectivity index (χ1) is 10.6. The lowest BCUT2D eigenvalue weighted by Crippen LogP contribution is -2.20. The predicted octanol–water partition coefficient (Wildman–Crippen LogP) is 3.55. The molecule has 0 aromatic heterocycles. The molecule has 0 radical (unpaired) electrons. The van der Waals surface area contributed by atoms with E-state index in [-0.39, 0.29) is 19.1 Å². The van der Waals surface area contributed by atoms with E-state index >= 15 is 0 Å². The van der Waals surface area contributed by atoms with Gasteiger partial charge in [0.15, 0.2) is 6.61 Å². The zero-order valence-electron chi connectivity index (χ0n) is 11.7. The Morgan fingerprint density at radius 1 is 1.09 bits per heavy atom. The molecule has 0 fully saturated rings. The number of halogens is 2. The van der Waals surface area contributed by atoms with Gasteiger partial charge in [0.2, 0.25) is 0 Å². The first-order valence-electron chi connectivity index (χ1n) is 6.65. The Morgan fingerprint density at radius 2 is 1.73 bits per heavy atom. The first-order valence-corrected chi connectivity index (χ1v) is 7.41. The molecule has 22 heavy (non-hydrogen) atoms. The number of carbonyl (C=O) groups excluding carboxylic acids is 1. The Labute approximate surface area is 138 Å². The molecule has 0 atom stereocenters. The van der Waals surface area contributed by atoms with Crippen LogP contribution in [0.1, 0.15) is 5.56 Å². The molecular formula is C16H15Cl2NO3. The third-order valence-corrected chi connectivity index (χ3v) is 3.28. The number of hydrogen-bond acceptors (Lipinski definition) is 3. The first kappa shape index (κ1) is 16.6. The van der Waals surface area contributed by atoms with Crippen LogP contribution in [0.3, 0.4) is 0 Å². The van der Waals surface area contributed by atoms with E-state index in [4.69, 9.17) is 33.0 Å². The third-order valence-electron chi connectivity index (χ3n) is 2.84. The second-order valence-corrected chi connectivity index (χ2v) is 5.49. The second-order valence-electron chi connectivity index (χ2n) is 4.61. The molecule has 4 nitrogen and oxygen atoms in total. The zero-order chi connectivity index (χ0) is 15.9. The molecule has 116 valence electrons. The van der Waals surface area contributed by atoms with Gasteiger partial charge >= 0.3 is 0 Å². The molecule has 0 saturated heterocycles. The van der Waals surface area contributed by atoms with E-state index in [0.29, 0.717) is 27.9 Å². The molecule has 0 saturated carbocycles. The Balaban J connectivity index is 1.87. The molecule has 0 spiro atoms. The van der Waals surface area contributed by atoms with Crippen LogP contribution >= 0.6 is 23.2 Å². The van der Waals surface area contributed by atoms with E-state index < -0.39 is 0 Å². The van der Waals surface area contributed by atoms with Crippen molar-refractivity contribution in [1.29, 1.82) is 0 Å². The highest BCUT2D eigenvalue weighted by Gasteiger charge is 2.05. The minimum Gasteiger partial charge on any atom is -0.484 e. The van der Waals surface area contributed by atoms with Crippen molar-refractivity contribution in [2.24, 2.45) is 0 Å². The van der Waals surface area contributed by atoms with Crippen LogP contribution in [-0.2, 0) is 11.2 Å². The monoisotopic (exact) mass is 339 g/mol. The molecule has 0 heterocycles.